The van der Waals surface area contributed by atoms with E-state index in [2.05, 4.69) is 0 Å². The van der Waals surface area contributed by atoms with E-state index < -0.39 is 47.8 Å². The average Bonchev–Trinajstić information content (AvgIpc) is 3.06. The number of benzene rings is 4. The van der Waals surface area contributed by atoms with Gasteiger partial charge in [0.05, 0.1) is 33.4 Å². The Morgan fingerprint density at radius 3 is 0.588 bits per heavy atom. The van der Waals surface area contributed by atoms with Gasteiger partial charge in [-0.1, -0.05) is 60.7 Å². The van der Waals surface area contributed by atoms with Crippen LogP contribution in [0.25, 0.3) is 0 Å². The molecule has 0 aromatic heterocycles. The summed E-state index contributed by atoms with van der Waals surface area (Å²) in [7, 11) is 0. The van der Waals surface area contributed by atoms with E-state index in [1.807, 2.05) is 0 Å². The average molecular weight is 788 g/mol. The second-order valence-corrected chi connectivity index (χ2v) is 8.69. The fourth-order valence-electron chi connectivity index (χ4n) is 2.87. The van der Waals surface area contributed by atoms with Crippen LogP contribution in [0.2, 0.25) is 0 Å². The van der Waals surface area contributed by atoms with Gasteiger partial charge in [0.15, 0.2) is 0 Å². The predicted molar refractivity (Wildman–Crippen MR) is 174 cm³/mol. The van der Waals surface area contributed by atoms with Gasteiger partial charge in [-0.05, 0) is 48.5 Å². The fraction of sp³-hybridized carbons (Fsp3) is 0.0588. The summed E-state index contributed by atoms with van der Waals surface area (Å²) < 4.78 is 0. The van der Waals surface area contributed by atoms with E-state index in [4.69, 9.17) is 50.4 Å². The molecule has 0 amide bonds. The molecule has 268 valence electrons. The van der Waals surface area contributed by atoms with Crippen LogP contribution in [-0.2, 0) is 35.8 Å². The number of aliphatic carboxylic acids is 2. The monoisotopic (exact) mass is 786 g/mol. The molecule has 0 aliphatic carbocycles. The molecule has 4 aromatic carbocycles. The molecule has 51 heavy (non-hydrogen) atoms. The Labute approximate surface area is 308 Å². The fourth-order valence-corrected chi connectivity index (χ4v) is 2.87. The molecule has 0 saturated heterocycles. The van der Waals surface area contributed by atoms with E-state index in [0.717, 1.165) is 13.8 Å². The molecule has 0 atom stereocenters. The molecule has 0 radical (unpaired) electrons. The minimum absolute atomic E-state index is 0. The Morgan fingerprint density at radius 1 is 0.314 bits per heavy atom. The van der Waals surface area contributed by atoms with Crippen molar-refractivity contribution >= 4 is 47.8 Å². The Bertz CT molecular complexity index is 1540. The van der Waals surface area contributed by atoms with E-state index >= 15 is 0 Å². The summed E-state index contributed by atoms with van der Waals surface area (Å²) in [5.41, 5.74) is -0.0972. The number of aromatic carboxylic acids is 6. The van der Waals surface area contributed by atoms with Crippen LogP contribution < -0.4 is 0 Å². The molecule has 16 nitrogen and oxygen atoms in total. The van der Waals surface area contributed by atoms with Crippen LogP contribution in [0.3, 0.4) is 0 Å². The first-order valence-corrected chi connectivity index (χ1v) is 13.4. The summed E-state index contributed by atoms with van der Waals surface area (Å²) in [5, 5.41) is 65.8. The molecular weight excluding hydrogens is 756 g/mol. The van der Waals surface area contributed by atoms with E-state index in [9.17, 15) is 28.8 Å². The SMILES string of the molecule is CC(=O)O.CC(=O)O.O=C(O)c1ccccc1.O=C(O)c1ccccc1.O=C(O)c1ccccc1C(=O)O.O=C(O)c1ccccc1C(=O)O.[Zr]. The van der Waals surface area contributed by atoms with E-state index in [1.165, 1.54) is 48.5 Å². The molecule has 0 bridgehead atoms. The van der Waals surface area contributed by atoms with Crippen LogP contribution in [0.5, 0.6) is 0 Å². The summed E-state index contributed by atoms with van der Waals surface area (Å²) in [6.45, 7) is 2.17. The molecule has 8 N–H and O–H groups in total. The van der Waals surface area contributed by atoms with Gasteiger partial charge in [0.25, 0.3) is 11.9 Å². The van der Waals surface area contributed by atoms with Gasteiger partial charge in [0, 0.05) is 40.1 Å². The predicted octanol–water partition coefficient (Wildman–Crippen LogP) is 5.11. The zero-order valence-corrected chi connectivity index (χ0v) is 29.2. The third kappa shape index (κ3) is 24.3. The molecule has 0 aliphatic rings. The molecule has 0 saturated carbocycles. The van der Waals surface area contributed by atoms with Gasteiger partial charge in [0.2, 0.25) is 0 Å². The van der Waals surface area contributed by atoms with Crippen LogP contribution in [0, 0.1) is 0 Å². The van der Waals surface area contributed by atoms with Gasteiger partial charge in [-0.25, -0.2) is 28.8 Å². The molecule has 17 heteroatoms. The second kappa shape index (κ2) is 27.5. The molecular formula is C34H32O16Zr. The van der Waals surface area contributed by atoms with Crippen LogP contribution in [0.4, 0.5) is 0 Å². The zero-order chi connectivity index (χ0) is 38.8. The zero-order valence-electron chi connectivity index (χ0n) is 26.7. The normalized spacial score (nSPS) is 8.51. The van der Waals surface area contributed by atoms with Crippen molar-refractivity contribution in [3.8, 4) is 0 Å². The number of hydrogen-bond acceptors (Lipinski definition) is 8. The molecule has 0 spiro atoms. The maximum absolute atomic E-state index is 10.5. The number of carboxylic acid groups (broad SMARTS) is 8. The number of hydrogen-bond donors (Lipinski definition) is 8. The number of carboxylic acids is 8. The van der Waals surface area contributed by atoms with E-state index in [1.54, 1.807) is 60.7 Å². The van der Waals surface area contributed by atoms with Crippen molar-refractivity contribution in [1.29, 1.82) is 0 Å². The Hall–Kier alpha value is -6.48. The topological polar surface area (TPSA) is 298 Å². The minimum atomic E-state index is -1.23. The summed E-state index contributed by atoms with van der Waals surface area (Å²) >= 11 is 0. The molecule has 0 fully saturated rings. The molecule has 0 aliphatic heterocycles. The van der Waals surface area contributed by atoms with Gasteiger partial charge in [-0.2, -0.15) is 0 Å². The molecule has 0 heterocycles. The summed E-state index contributed by atoms with van der Waals surface area (Å²) in [6, 6.07) is 27.5. The third-order valence-corrected chi connectivity index (χ3v) is 4.82. The van der Waals surface area contributed by atoms with E-state index in [0.29, 0.717) is 11.1 Å². The van der Waals surface area contributed by atoms with Crippen molar-refractivity contribution < 1.29 is 105 Å². The maximum Gasteiger partial charge on any atom is 0.336 e. The van der Waals surface area contributed by atoms with Crippen molar-refractivity contribution in [1.82, 2.24) is 0 Å². The number of rotatable bonds is 6. The van der Waals surface area contributed by atoms with Gasteiger partial charge in [-0.3, -0.25) is 9.59 Å². The first-order valence-electron chi connectivity index (χ1n) is 13.4. The van der Waals surface area contributed by atoms with Crippen LogP contribution in [0.1, 0.15) is 76.0 Å². The number of carbonyl (C=O) groups is 8. The quantitative estimate of drug-likeness (QED) is 0.126. The Balaban J connectivity index is -0.000000562. The third-order valence-electron chi connectivity index (χ3n) is 4.82. The smallest absolute Gasteiger partial charge is 0.336 e. The minimum Gasteiger partial charge on any atom is -0.481 e. The van der Waals surface area contributed by atoms with Crippen molar-refractivity contribution in [2.24, 2.45) is 0 Å². The van der Waals surface area contributed by atoms with Crippen molar-refractivity contribution in [2.75, 3.05) is 0 Å². The van der Waals surface area contributed by atoms with Gasteiger partial charge in [-0.15, -0.1) is 0 Å². The summed E-state index contributed by atoms with van der Waals surface area (Å²) in [4.78, 5) is 80.3. The molecule has 4 rings (SSSR count). The van der Waals surface area contributed by atoms with Crippen LogP contribution >= 0.6 is 0 Å². The largest absolute Gasteiger partial charge is 0.481 e. The van der Waals surface area contributed by atoms with Crippen molar-refractivity contribution in [2.45, 2.75) is 13.8 Å². The van der Waals surface area contributed by atoms with Crippen molar-refractivity contribution in [3.05, 3.63) is 143 Å². The summed E-state index contributed by atoms with van der Waals surface area (Å²) in [6.07, 6.45) is 0. The van der Waals surface area contributed by atoms with Crippen LogP contribution in [-0.4, -0.2) is 88.6 Å². The van der Waals surface area contributed by atoms with Gasteiger partial charge < -0.3 is 40.9 Å². The maximum atomic E-state index is 10.5. The summed E-state index contributed by atoms with van der Waals surface area (Å²) in [5.74, 6) is -8.34. The standard InChI is InChI=1S/2C8H6O4.2C7H6O2.2C2H4O2.Zr/c2*9-7(10)5-3-1-2-4-6(5)8(11)12;2*8-7(9)6-4-2-1-3-5-6;2*1-2(3)4;/h2*1-4H,(H,9,10)(H,11,12);2*1-5H,(H,8,9);2*1H3,(H,3,4);. The second-order valence-electron chi connectivity index (χ2n) is 8.69. The first kappa shape index (κ1) is 48.9. The molecule has 0 unspecified atom stereocenters. The first-order chi connectivity index (χ1) is 23.3. The van der Waals surface area contributed by atoms with Crippen LogP contribution in [0.15, 0.2) is 109 Å². The van der Waals surface area contributed by atoms with Gasteiger partial charge in [0.1, 0.15) is 0 Å². The van der Waals surface area contributed by atoms with Crippen molar-refractivity contribution in [3.63, 3.8) is 0 Å². The van der Waals surface area contributed by atoms with E-state index in [-0.39, 0.29) is 48.5 Å². The Morgan fingerprint density at radius 2 is 0.471 bits per heavy atom. The van der Waals surface area contributed by atoms with Gasteiger partial charge >= 0.3 is 35.8 Å². The molecule has 4 aromatic rings. The Kier molecular flexibility index (Phi) is 26.3.